The number of nitrogens with zero attached hydrogens (tertiary/aromatic N) is 5. The SMILES string of the molecule is COc1cc(/C=N\n2cnnc2)ccc1OCc1ccc(C(=O)N2CCCCC2)cc1. The Morgan fingerprint density at radius 1 is 1.03 bits per heavy atom. The highest BCUT2D eigenvalue weighted by Gasteiger charge is 2.17. The fourth-order valence-electron chi connectivity index (χ4n) is 3.46. The molecule has 3 aromatic rings. The lowest BCUT2D eigenvalue weighted by molar-refractivity contribution is 0.0724. The Morgan fingerprint density at radius 3 is 2.48 bits per heavy atom. The van der Waals surface area contributed by atoms with Gasteiger partial charge in [0, 0.05) is 18.7 Å². The summed E-state index contributed by atoms with van der Waals surface area (Å²) in [7, 11) is 1.60. The quantitative estimate of drug-likeness (QED) is 0.549. The summed E-state index contributed by atoms with van der Waals surface area (Å²) in [5.41, 5.74) is 2.56. The lowest BCUT2D eigenvalue weighted by atomic mass is 10.1. The molecule has 0 saturated carbocycles. The first kappa shape index (κ1) is 20.6. The number of aromatic nitrogens is 3. The summed E-state index contributed by atoms with van der Waals surface area (Å²) in [6, 6.07) is 13.2. The van der Waals surface area contributed by atoms with E-state index in [2.05, 4.69) is 15.3 Å². The van der Waals surface area contributed by atoms with Crippen molar-refractivity contribution in [2.75, 3.05) is 20.2 Å². The van der Waals surface area contributed by atoms with Crippen molar-refractivity contribution in [3.63, 3.8) is 0 Å². The molecule has 8 nitrogen and oxygen atoms in total. The molecule has 0 bridgehead atoms. The molecule has 0 spiro atoms. The smallest absolute Gasteiger partial charge is 0.253 e. The number of ether oxygens (including phenoxy) is 2. The van der Waals surface area contributed by atoms with Gasteiger partial charge < -0.3 is 14.4 Å². The molecule has 1 aliphatic rings. The van der Waals surface area contributed by atoms with Crippen LogP contribution in [0.1, 0.15) is 40.7 Å². The van der Waals surface area contributed by atoms with E-state index in [9.17, 15) is 4.79 Å². The van der Waals surface area contributed by atoms with Crippen LogP contribution in [0.15, 0.2) is 60.2 Å². The van der Waals surface area contributed by atoms with Crippen LogP contribution in [0.25, 0.3) is 0 Å². The molecule has 0 N–H and O–H groups in total. The molecule has 0 unspecified atom stereocenters. The molecule has 0 atom stereocenters. The van der Waals surface area contributed by atoms with Gasteiger partial charge in [0.2, 0.25) is 0 Å². The average molecular weight is 419 g/mol. The molecule has 1 saturated heterocycles. The van der Waals surface area contributed by atoms with Crippen molar-refractivity contribution in [3.05, 3.63) is 71.8 Å². The van der Waals surface area contributed by atoms with Gasteiger partial charge in [0.25, 0.3) is 5.91 Å². The predicted molar refractivity (Wildman–Crippen MR) is 117 cm³/mol. The minimum atomic E-state index is 0.109. The summed E-state index contributed by atoms with van der Waals surface area (Å²) >= 11 is 0. The van der Waals surface area contributed by atoms with Crippen LogP contribution in [0.3, 0.4) is 0 Å². The first-order valence-corrected chi connectivity index (χ1v) is 10.3. The average Bonchev–Trinajstić information content (AvgIpc) is 3.36. The Bertz CT molecular complexity index is 1030. The highest BCUT2D eigenvalue weighted by molar-refractivity contribution is 5.94. The third kappa shape index (κ3) is 5.28. The normalized spacial score (nSPS) is 14.0. The number of likely N-dealkylation sites (tertiary alicyclic amines) is 1. The van der Waals surface area contributed by atoms with Crippen LogP contribution in [-0.4, -0.2) is 52.1 Å². The second-order valence-corrected chi connectivity index (χ2v) is 7.34. The zero-order valence-electron chi connectivity index (χ0n) is 17.5. The molecule has 160 valence electrons. The van der Waals surface area contributed by atoms with E-state index in [1.165, 1.54) is 23.8 Å². The molecular formula is C23H25N5O3. The first-order chi connectivity index (χ1) is 15.2. The van der Waals surface area contributed by atoms with Crippen LogP contribution < -0.4 is 9.47 Å². The van der Waals surface area contributed by atoms with Crippen LogP contribution in [0, 0.1) is 0 Å². The van der Waals surface area contributed by atoms with Crippen molar-refractivity contribution >= 4 is 12.1 Å². The highest BCUT2D eigenvalue weighted by Crippen LogP contribution is 2.28. The van der Waals surface area contributed by atoms with Crippen LogP contribution in [0.4, 0.5) is 0 Å². The Balaban J connectivity index is 1.37. The van der Waals surface area contributed by atoms with Gasteiger partial charge in [-0.15, -0.1) is 10.2 Å². The highest BCUT2D eigenvalue weighted by atomic mass is 16.5. The largest absolute Gasteiger partial charge is 0.493 e. The third-order valence-electron chi connectivity index (χ3n) is 5.17. The van der Waals surface area contributed by atoms with Crippen molar-refractivity contribution in [1.82, 2.24) is 19.8 Å². The van der Waals surface area contributed by atoms with Crippen molar-refractivity contribution < 1.29 is 14.3 Å². The number of hydrogen-bond donors (Lipinski definition) is 0. The standard InChI is InChI=1S/C23H25N5O3/c1-30-22-13-19(14-26-28-16-24-25-17-28)7-10-21(22)31-15-18-5-8-20(9-6-18)23(29)27-11-3-2-4-12-27/h5-10,13-14,16-17H,2-4,11-12,15H2,1H3/b26-14-. The maximum Gasteiger partial charge on any atom is 0.253 e. The summed E-state index contributed by atoms with van der Waals surface area (Å²) in [6.45, 7) is 2.08. The van der Waals surface area contributed by atoms with Gasteiger partial charge in [-0.25, -0.2) is 4.68 Å². The van der Waals surface area contributed by atoms with Gasteiger partial charge in [-0.3, -0.25) is 4.79 Å². The second kappa shape index (κ2) is 9.88. The molecule has 2 heterocycles. The maximum atomic E-state index is 12.6. The molecule has 1 amide bonds. The Hall–Kier alpha value is -3.68. The van der Waals surface area contributed by atoms with Crippen molar-refractivity contribution in [2.24, 2.45) is 5.10 Å². The van der Waals surface area contributed by atoms with Crippen LogP contribution in [0.5, 0.6) is 11.5 Å². The van der Waals surface area contributed by atoms with E-state index in [0.717, 1.165) is 42.6 Å². The number of methoxy groups -OCH3 is 1. The van der Waals surface area contributed by atoms with E-state index in [4.69, 9.17) is 9.47 Å². The lowest BCUT2D eigenvalue weighted by Gasteiger charge is -2.26. The van der Waals surface area contributed by atoms with Crippen LogP contribution in [0.2, 0.25) is 0 Å². The molecule has 8 heteroatoms. The van der Waals surface area contributed by atoms with Gasteiger partial charge >= 0.3 is 0 Å². The predicted octanol–water partition coefficient (Wildman–Crippen LogP) is 3.37. The number of benzene rings is 2. The van der Waals surface area contributed by atoms with Gasteiger partial charge in [0.15, 0.2) is 11.5 Å². The molecule has 2 aromatic carbocycles. The Labute approximate surface area is 181 Å². The minimum Gasteiger partial charge on any atom is -0.493 e. The van der Waals surface area contributed by atoms with E-state index in [-0.39, 0.29) is 5.91 Å². The molecule has 1 aromatic heterocycles. The second-order valence-electron chi connectivity index (χ2n) is 7.34. The molecule has 1 aliphatic heterocycles. The molecule has 0 aliphatic carbocycles. The zero-order valence-corrected chi connectivity index (χ0v) is 17.5. The zero-order chi connectivity index (χ0) is 21.5. The van der Waals surface area contributed by atoms with Gasteiger partial charge in [-0.1, -0.05) is 12.1 Å². The summed E-state index contributed by atoms with van der Waals surface area (Å²) in [4.78, 5) is 14.5. The number of amides is 1. The molecule has 4 rings (SSSR count). The molecular weight excluding hydrogens is 394 g/mol. The number of carbonyl (C=O) groups excluding carboxylic acids is 1. The number of carbonyl (C=O) groups is 1. The molecule has 0 radical (unpaired) electrons. The first-order valence-electron chi connectivity index (χ1n) is 10.3. The molecule has 31 heavy (non-hydrogen) atoms. The fraction of sp³-hybridized carbons (Fsp3) is 0.304. The van der Waals surface area contributed by atoms with E-state index in [0.29, 0.717) is 18.1 Å². The summed E-state index contributed by atoms with van der Waals surface area (Å²) in [6.07, 6.45) is 8.09. The third-order valence-corrected chi connectivity index (χ3v) is 5.17. The van der Waals surface area contributed by atoms with E-state index >= 15 is 0 Å². The van der Waals surface area contributed by atoms with E-state index in [1.807, 2.05) is 47.4 Å². The Morgan fingerprint density at radius 2 is 1.77 bits per heavy atom. The summed E-state index contributed by atoms with van der Waals surface area (Å²) < 4.78 is 12.9. The van der Waals surface area contributed by atoms with Gasteiger partial charge in [-0.05, 0) is 60.7 Å². The van der Waals surface area contributed by atoms with Gasteiger partial charge in [0.1, 0.15) is 19.3 Å². The van der Waals surface area contributed by atoms with E-state index in [1.54, 1.807) is 13.3 Å². The minimum absolute atomic E-state index is 0.109. The number of piperidine rings is 1. The van der Waals surface area contributed by atoms with Crippen molar-refractivity contribution in [1.29, 1.82) is 0 Å². The summed E-state index contributed by atoms with van der Waals surface area (Å²) in [5, 5.41) is 11.6. The van der Waals surface area contributed by atoms with E-state index < -0.39 is 0 Å². The van der Waals surface area contributed by atoms with Crippen molar-refractivity contribution in [3.8, 4) is 11.5 Å². The number of rotatable bonds is 7. The summed E-state index contributed by atoms with van der Waals surface area (Å²) in [5.74, 6) is 1.36. The van der Waals surface area contributed by atoms with Crippen molar-refractivity contribution in [2.45, 2.75) is 25.9 Å². The topological polar surface area (TPSA) is 81.8 Å². The lowest BCUT2D eigenvalue weighted by Crippen LogP contribution is -2.35. The maximum absolute atomic E-state index is 12.6. The number of hydrogen-bond acceptors (Lipinski definition) is 6. The van der Waals surface area contributed by atoms with Crippen LogP contribution >= 0.6 is 0 Å². The van der Waals surface area contributed by atoms with Crippen LogP contribution in [-0.2, 0) is 6.61 Å². The van der Waals surface area contributed by atoms with Gasteiger partial charge in [-0.2, -0.15) is 5.10 Å². The molecule has 1 fully saturated rings. The van der Waals surface area contributed by atoms with Gasteiger partial charge in [0.05, 0.1) is 13.3 Å². The fourth-order valence-corrected chi connectivity index (χ4v) is 3.46. The monoisotopic (exact) mass is 419 g/mol. The Kier molecular flexibility index (Phi) is 6.56.